The number of nitrogens with zero attached hydrogens (tertiary/aromatic N) is 6. The standard InChI is InChI=1S/C36H44N6O8/c1-33(2)15-23(16-34(3,4)41(33)45)31(43)49-11-9-47-29-13-28(26(21-39)22-40)30(14-27(29)25(19-37)20-38)48-10-12-50-32(44)24-17-35(5,6)42(46)36(7,8)18-24/h13-14,23-24H,9-12,15-18H2,1-8H3/q+2. The minimum atomic E-state index is -0.764. The van der Waals surface area contributed by atoms with Crippen LogP contribution in [0.25, 0.3) is 11.1 Å². The van der Waals surface area contributed by atoms with Gasteiger partial charge in [-0.25, -0.2) is 0 Å². The van der Waals surface area contributed by atoms with Crippen molar-refractivity contribution in [1.82, 2.24) is 0 Å². The van der Waals surface area contributed by atoms with Crippen LogP contribution in [0.3, 0.4) is 0 Å². The molecular formula is C36H44N6O8+2. The third-order valence-corrected chi connectivity index (χ3v) is 9.09. The van der Waals surface area contributed by atoms with Gasteiger partial charge in [-0.3, -0.25) is 9.59 Å². The Bertz CT molecular complexity index is 1660. The largest absolute Gasteiger partial charge is 0.489 e. The maximum absolute atomic E-state index is 12.9. The molecule has 0 unspecified atom stereocenters. The molecule has 14 heteroatoms. The second kappa shape index (κ2) is 15.0. The van der Waals surface area contributed by atoms with Gasteiger partial charge >= 0.3 is 11.9 Å². The minimum Gasteiger partial charge on any atom is -0.489 e. The van der Waals surface area contributed by atoms with Gasteiger partial charge in [-0.2, -0.15) is 21.0 Å². The summed E-state index contributed by atoms with van der Waals surface area (Å²) in [6, 6.07) is 9.73. The van der Waals surface area contributed by atoms with Crippen molar-refractivity contribution in [3.8, 4) is 35.8 Å². The summed E-state index contributed by atoms with van der Waals surface area (Å²) in [6.07, 6.45) is 1.26. The number of nitriles is 4. The lowest BCUT2D eigenvalue weighted by atomic mass is 9.75. The quantitative estimate of drug-likeness (QED) is 0.197. The van der Waals surface area contributed by atoms with Crippen molar-refractivity contribution >= 4 is 23.1 Å². The molecule has 0 bridgehead atoms. The fraction of sp³-hybridized carbons (Fsp3) is 0.611. The molecule has 2 aliphatic heterocycles. The van der Waals surface area contributed by atoms with E-state index in [1.165, 1.54) is 12.1 Å². The van der Waals surface area contributed by atoms with Gasteiger partial charge in [0.05, 0.1) is 11.8 Å². The van der Waals surface area contributed by atoms with E-state index in [9.17, 15) is 40.5 Å². The van der Waals surface area contributed by atoms with E-state index in [0.717, 1.165) is 9.52 Å². The molecule has 1 aromatic carbocycles. The van der Waals surface area contributed by atoms with Crippen molar-refractivity contribution in [2.75, 3.05) is 26.4 Å². The predicted octanol–water partition coefficient (Wildman–Crippen LogP) is 3.42. The number of carbonyl (C=O) groups is 2. The Morgan fingerprint density at radius 2 is 0.880 bits per heavy atom. The molecule has 0 saturated carbocycles. The number of hydrogen-bond acceptors (Lipinski definition) is 12. The van der Waals surface area contributed by atoms with Crippen LogP contribution in [-0.4, -0.2) is 70.0 Å². The second-order valence-corrected chi connectivity index (χ2v) is 15.1. The second-order valence-electron chi connectivity index (χ2n) is 15.1. The summed E-state index contributed by atoms with van der Waals surface area (Å²) in [6.45, 7) is 13.4. The molecule has 2 aliphatic rings. The predicted molar refractivity (Wildman–Crippen MR) is 177 cm³/mol. The van der Waals surface area contributed by atoms with E-state index in [1.807, 2.05) is 0 Å². The summed E-state index contributed by atoms with van der Waals surface area (Å²) in [5, 5.41) is 38.6. The van der Waals surface area contributed by atoms with Crippen LogP contribution in [0.5, 0.6) is 11.5 Å². The van der Waals surface area contributed by atoms with Crippen molar-refractivity contribution in [2.45, 2.75) is 103 Å². The first-order valence-electron chi connectivity index (χ1n) is 16.3. The fourth-order valence-corrected chi connectivity index (χ4v) is 7.16. The van der Waals surface area contributed by atoms with Gasteiger partial charge in [-0.15, -0.1) is 0 Å². The summed E-state index contributed by atoms with van der Waals surface area (Å²) in [4.78, 5) is 51.2. The molecule has 0 amide bonds. The van der Waals surface area contributed by atoms with Crippen LogP contribution in [0, 0.1) is 67.0 Å². The highest BCUT2D eigenvalue weighted by Gasteiger charge is 2.56. The van der Waals surface area contributed by atoms with E-state index < -0.39 is 45.9 Å². The number of esters is 2. The number of ether oxygens (including phenoxy) is 4. The third kappa shape index (κ3) is 8.62. The summed E-state index contributed by atoms with van der Waals surface area (Å²) in [5.74, 6) is -2.05. The fourth-order valence-electron chi connectivity index (χ4n) is 7.16. The van der Waals surface area contributed by atoms with Crippen LogP contribution in [0.2, 0.25) is 0 Å². The van der Waals surface area contributed by atoms with Crippen LogP contribution in [0.1, 0.15) is 81.1 Å². The Morgan fingerprint density at radius 1 is 0.600 bits per heavy atom. The van der Waals surface area contributed by atoms with Gasteiger partial charge in [0.15, 0.2) is 0 Å². The Labute approximate surface area is 291 Å². The summed E-state index contributed by atoms with van der Waals surface area (Å²) in [5.41, 5.74) is -3.75. The van der Waals surface area contributed by atoms with E-state index in [2.05, 4.69) is 0 Å². The normalized spacial score (nSPS) is 19.0. The first-order valence-corrected chi connectivity index (χ1v) is 16.3. The van der Waals surface area contributed by atoms with Crippen LogP contribution in [0.4, 0.5) is 0 Å². The zero-order valence-electron chi connectivity index (χ0n) is 29.9. The highest BCUT2D eigenvalue weighted by Crippen LogP contribution is 2.39. The molecule has 264 valence electrons. The van der Waals surface area contributed by atoms with Crippen molar-refractivity contribution in [2.24, 2.45) is 11.8 Å². The van der Waals surface area contributed by atoms with E-state index in [-0.39, 0.29) is 59.5 Å². The van der Waals surface area contributed by atoms with Gasteiger partial charge in [-0.1, -0.05) is 0 Å². The van der Waals surface area contributed by atoms with E-state index in [4.69, 9.17) is 18.9 Å². The first kappa shape index (κ1) is 39.1. The molecule has 3 rings (SSSR count). The topological polar surface area (TPSA) is 206 Å². The molecule has 0 spiro atoms. The lowest BCUT2D eigenvalue weighted by molar-refractivity contribution is -0.694. The average molecular weight is 689 g/mol. The summed E-state index contributed by atoms with van der Waals surface area (Å²) >= 11 is 0. The number of rotatable bonds is 10. The average Bonchev–Trinajstić information content (AvgIpc) is 3.04. The van der Waals surface area contributed by atoms with Gasteiger partial charge < -0.3 is 18.9 Å². The monoisotopic (exact) mass is 688 g/mol. The number of nitroso groups, excluding NO2 is 2. The summed E-state index contributed by atoms with van der Waals surface area (Å²) in [7, 11) is 0. The van der Waals surface area contributed by atoms with Gasteiger partial charge in [0.25, 0.3) is 0 Å². The van der Waals surface area contributed by atoms with E-state index in [1.54, 1.807) is 79.7 Å². The Kier molecular flexibility index (Phi) is 11.8. The van der Waals surface area contributed by atoms with Gasteiger partial charge in [0.2, 0.25) is 22.2 Å². The molecule has 2 fully saturated rings. The lowest BCUT2D eigenvalue weighted by Crippen LogP contribution is -2.55. The van der Waals surface area contributed by atoms with Crippen LogP contribution in [-0.2, 0) is 19.1 Å². The van der Waals surface area contributed by atoms with Crippen molar-refractivity contribution in [3.05, 3.63) is 32.4 Å². The van der Waals surface area contributed by atoms with Gasteiger partial charge in [0, 0.05) is 111 Å². The molecule has 0 radical (unpaired) electrons. The Morgan fingerprint density at radius 3 is 1.14 bits per heavy atom. The number of benzene rings is 1. The van der Waals surface area contributed by atoms with Crippen LogP contribution in [0.15, 0.2) is 12.1 Å². The number of piperidine rings is 2. The first-order chi connectivity index (χ1) is 23.2. The van der Waals surface area contributed by atoms with Gasteiger partial charge in [0.1, 0.15) is 73.3 Å². The van der Waals surface area contributed by atoms with E-state index in [0.29, 0.717) is 25.7 Å². The van der Waals surface area contributed by atoms with Gasteiger partial charge in [-0.05, 0) is 12.1 Å². The maximum Gasteiger partial charge on any atom is 0.309 e. The molecule has 0 aliphatic carbocycles. The number of carbonyl (C=O) groups excluding carboxylic acids is 2. The number of hydrogen-bond donors (Lipinski definition) is 0. The van der Waals surface area contributed by atoms with Crippen LogP contribution >= 0.6 is 0 Å². The molecule has 0 atom stereocenters. The van der Waals surface area contributed by atoms with Crippen molar-refractivity contribution in [3.63, 3.8) is 0 Å². The third-order valence-electron chi connectivity index (χ3n) is 9.09. The zero-order valence-corrected chi connectivity index (χ0v) is 29.9. The molecule has 1 aromatic rings. The molecule has 2 saturated heterocycles. The Hall–Kier alpha value is -5.34. The van der Waals surface area contributed by atoms with E-state index >= 15 is 0 Å². The van der Waals surface area contributed by atoms with Crippen molar-refractivity contribution < 1.29 is 38.1 Å². The smallest absolute Gasteiger partial charge is 0.309 e. The lowest BCUT2D eigenvalue weighted by Gasteiger charge is -2.35. The zero-order chi connectivity index (χ0) is 37.7. The highest BCUT2D eigenvalue weighted by atomic mass is 16.6. The molecule has 0 N–H and O–H groups in total. The molecule has 0 aromatic heterocycles. The SMILES string of the molecule is CC1(C)CC(C(=O)OCCOc2cc(=C(C#N)C#N)c(OCCOC(=O)C3CC(C)(C)[N+](=O)C(C)(C)C3)cc2=C(C#N)C#N)CC(C)(C)[N+]1=O. The minimum absolute atomic E-state index is 0.00690. The maximum atomic E-state index is 12.9. The molecule has 14 nitrogen and oxygen atoms in total. The Balaban J connectivity index is 1.77. The molecular weight excluding hydrogens is 644 g/mol. The van der Waals surface area contributed by atoms with Crippen molar-refractivity contribution in [1.29, 1.82) is 21.0 Å². The summed E-state index contributed by atoms with van der Waals surface area (Å²) < 4.78 is 24.6. The highest BCUT2D eigenvalue weighted by molar-refractivity contribution is 5.77. The van der Waals surface area contributed by atoms with Crippen LogP contribution < -0.4 is 19.9 Å². The molecule has 2 heterocycles. The molecule has 50 heavy (non-hydrogen) atoms.